The molecular weight excluding hydrogens is 414 g/mol. The van der Waals surface area contributed by atoms with Gasteiger partial charge in [0.05, 0.1) is 6.04 Å². The summed E-state index contributed by atoms with van der Waals surface area (Å²) in [4.78, 5) is 59.7. The Kier molecular flexibility index (Phi) is 12.7. The lowest BCUT2D eigenvalue weighted by molar-refractivity contribution is -0.142. The number of carbonyl (C=O) groups excluding carboxylic acids is 4. The maximum Gasteiger partial charge on any atom is 0.326 e. The first kappa shape index (κ1) is 27.7. The smallest absolute Gasteiger partial charge is 0.326 e. The first-order valence-corrected chi connectivity index (χ1v) is 11.0. The van der Waals surface area contributed by atoms with E-state index in [0.29, 0.717) is 5.75 Å². The molecule has 0 fully saturated rings. The molecule has 0 aromatic rings. The lowest BCUT2D eigenvalue weighted by Gasteiger charge is -2.26. The van der Waals surface area contributed by atoms with Crippen molar-refractivity contribution in [3.05, 3.63) is 0 Å². The minimum absolute atomic E-state index is 0.0719. The Balaban J connectivity index is 5.33. The molecule has 0 radical (unpaired) electrons. The first-order chi connectivity index (χ1) is 13.9. The molecule has 4 amide bonds. The number of carboxylic acid groups (broad SMARTS) is 1. The van der Waals surface area contributed by atoms with Crippen LogP contribution in [-0.2, 0) is 24.0 Å². The van der Waals surface area contributed by atoms with Gasteiger partial charge in [0, 0.05) is 6.42 Å². The summed E-state index contributed by atoms with van der Waals surface area (Å²) in [5.74, 6) is -3.62. The zero-order valence-corrected chi connectivity index (χ0v) is 18.6. The topological polar surface area (TPSA) is 194 Å². The maximum absolute atomic E-state index is 12.7. The van der Waals surface area contributed by atoms with Crippen molar-refractivity contribution in [3.8, 4) is 0 Å². The predicted octanol–water partition coefficient (Wildman–Crippen LogP) is -1.45. The van der Waals surface area contributed by atoms with Gasteiger partial charge in [0.15, 0.2) is 0 Å². The molecule has 12 heteroatoms. The number of nitrogens with two attached hydrogens (primary N) is 2. The number of thioether (sulfide) groups is 1. The number of aliphatic carboxylic acids is 1. The summed E-state index contributed by atoms with van der Waals surface area (Å²) in [5.41, 5.74) is 10.6. The van der Waals surface area contributed by atoms with Gasteiger partial charge >= 0.3 is 5.97 Å². The molecule has 0 heterocycles. The standard InChI is InChI=1S/C18H33N5O6S/c1-9(2)14(17(27)22-12(18(28)29)7-8-30-4)23-16(26)11(5-6-13(20)24)21-15(25)10(3)19/h9-12,14H,5-8,19H2,1-4H3,(H2,20,24)(H,21,25)(H,22,27)(H,23,26)(H,28,29). The van der Waals surface area contributed by atoms with E-state index in [1.54, 1.807) is 13.8 Å². The molecule has 4 atom stereocenters. The molecule has 0 spiro atoms. The number of hydrogen-bond acceptors (Lipinski definition) is 7. The third-order valence-corrected chi connectivity index (χ3v) is 4.84. The second kappa shape index (κ2) is 13.8. The van der Waals surface area contributed by atoms with Crippen LogP contribution >= 0.6 is 11.8 Å². The Morgan fingerprint density at radius 3 is 1.90 bits per heavy atom. The summed E-state index contributed by atoms with van der Waals surface area (Å²) in [6.07, 6.45) is 1.82. The highest BCUT2D eigenvalue weighted by Gasteiger charge is 2.31. The molecule has 0 aromatic heterocycles. The van der Waals surface area contributed by atoms with E-state index in [2.05, 4.69) is 16.0 Å². The monoisotopic (exact) mass is 447 g/mol. The van der Waals surface area contributed by atoms with E-state index in [9.17, 15) is 29.1 Å². The highest BCUT2D eigenvalue weighted by atomic mass is 32.2. The van der Waals surface area contributed by atoms with Crippen LogP contribution in [0.15, 0.2) is 0 Å². The third-order valence-electron chi connectivity index (χ3n) is 4.20. The van der Waals surface area contributed by atoms with Crippen molar-refractivity contribution >= 4 is 41.4 Å². The number of hydrogen-bond donors (Lipinski definition) is 6. The lowest BCUT2D eigenvalue weighted by Crippen LogP contribution is -2.58. The fraction of sp³-hybridized carbons (Fsp3) is 0.722. The molecule has 0 aliphatic carbocycles. The Labute approximate surface area is 180 Å². The summed E-state index contributed by atoms with van der Waals surface area (Å²) < 4.78 is 0. The molecule has 0 saturated heterocycles. The number of carboxylic acids is 1. The number of nitrogens with one attached hydrogen (secondary N) is 3. The van der Waals surface area contributed by atoms with Gasteiger partial charge in [0.1, 0.15) is 18.1 Å². The summed E-state index contributed by atoms with van der Waals surface area (Å²) in [7, 11) is 0. The molecule has 0 rings (SSSR count). The average Bonchev–Trinajstić information content (AvgIpc) is 2.64. The molecular formula is C18H33N5O6S. The van der Waals surface area contributed by atoms with Gasteiger partial charge < -0.3 is 32.5 Å². The Hall–Kier alpha value is -2.34. The summed E-state index contributed by atoms with van der Waals surface area (Å²) in [6, 6.07) is -4.15. The molecule has 0 saturated carbocycles. The van der Waals surface area contributed by atoms with Crippen molar-refractivity contribution in [2.24, 2.45) is 17.4 Å². The van der Waals surface area contributed by atoms with Gasteiger partial charge in [-0.05, 0) is 37.7 Å². The second-order valence-corrected chi connectivity index (χ2v) is 8.25. The van der Waals surface area contributed by atoms with Crippen molar-refractivity contribution in [2.45, 2.75) is 64.2 Å². The van der Waals surface area contributed by atoms with Crippen LogP contribution in [0.1, 0.15) is 40.0 Å². The molecule has 11 nitrogen and oxygen atoms in total. The quantitative estimate of drug-likeness (QED) is 0.186. The molecule has 0 aliphatic heterocycles. The Bertz CT molecular complexity index is 628. The van der Waals surface area contributed by atoms with Gasteiger partial charge in [-0.1, -0.05) is 13.8 Å². The molecule has 8 N–H and O–H groups in total. The fourth-order valence-electron chi connectivity index (χ4n) is 2.40. The van der Waals surface area contributed by atoms with Crippen molar-refractivity contribution in [3.63, 3.8) is 0 Å². The molecule has 172 valence electrons. The van der Waals surface area contributed by atoms with Gasteiger partial charge in [0.25, 0.3) is 0 Å². The van der Waals surface area contributed by atoms with Crippen LogP contribution in [0.5, 0.6) is 0 Å². The zero-order valence-electron chi connectivity index (χ0n) is 17.8. The first-order valence-electron chi connectivity index (χ1n) is 9.57. The summed E-state index contributed by atoms with van der Waals surface area (Å²) >= 11 is 1.45. The number of rotatable bonds is 14. The highest BCUT2D eigenvalue weighted by Crippen LogP contribution is 2.07. The van der Waals surface area contributed by atoms with Gasteiger partial charge in [-0.15, -0.1) is 0 Å². The van der Waals surface area contributed by atoms with Crippen LogP contribution in [0.4, 0.5) is 0 Å². The van der Waals surface area contributed by atoms with E-state index >= 15 is 0 Å². The maximum atomic E-state index is 12.7. The average molecular weight is 448 g/mol. The van der Waals surface area contributed by atoms with Crippen molar-refractivity contribution in [1.29, 1.82) is 0 Å². The number of amides is 4. The molecule has 0 bridgehead atoms. The summed E-state index contributed by atoms with van der Waals surface area (Å²) in [5, 5.41) is 16.7. The second-order valence-electron chi connectivity index (χ2n) is 7.27. The predicted molar refractivity (Wildman–Crippen MR) is 113 cm³/mol. The largest absolute Gasteiger partial charge is 0.480 e. The lowest BCUT2D eigenvalue weighted by atomic mass is 10.0. The SMILES string of the molecule is CSCCC(NC(=O)C(NC(=O)C(CCC(N)=O)NC(=O)C(C)N)C(C)C)C(=O)O. The highest BCUT2D eigenvalue weighted by molar-refractivity contribution is 7.98. The van der Waals surface area contributed by atoms with Crippen LogP contribution in [0, 0.1) is 5.92 Å². The van der Waals surface area contributed by atoms with E-state index in [0.717, 1.165) is 0 Å². The normalized spacial score (nSPS) is 14.9. The molecule has 4 unspecified atom stereocenters. The van der Waals surface area contributed by atoms with Crippen LogP contribution in [0.2, 0.25) is 0 Å². The van der Waals surface area contributed by atoms with Crippen LogP contribution in [0.3, 0.4) is 0 Å². The summed E-state index contributed by atoms with van der Waals surface area (Å²) in [6.45, 7) is 4.80. The third kappa shape index (κ3) is 10.4. The van der Waals surface area contributed by atoms with E-state index in [-0.39, 0.29) is 25.2 Å². The molecule has 0 aromatic carbocycles. The van der Waals surface area contributed by atoms with Gasteiger partial charge in [-0.25, -0.2) is 4.79 Å². The Morgan fingerprint density at radius 2 is 1.47 bits per heavy atom. The Morgan fingerprint density at radius 1 is 0.900 bits per heavy atom. The zero-order chi connectivity index (χ0) is 23.4. The van der Waals surface area contributed by atoms with Crippen LogP contribution < -0.4 is 27.4 Å². The number of primary amides is 1. The van der Waals surface area contributed by atoms with Crippen LogP contribution in [-0.4, -0.2) is 70.9 Å². The van der Waals surface area contributed by atoms with Gasteiger partial charge in [0.2, 0.25) is 23.6 Å². The molecule has 30 heavy (non-hydrogen) atoms. The minimum atomic E-state index is -1.17. The van der Waals surface area contributed by atoms with Crippen molar-refractivity contribution in [1.82, 2.24) is 16.0 Å². The van der Waals surface area contributed by atoms with Gasteiger partial charge in [-0.3, -0.25) is 19.2 Å². The van der Waals surface area contributed by atoms with E-state index in [4.69, 9.17) is 11.5 Å². The van der Waals surface area contributed by atoms with Crippen molar-refractivity contribution in [2.75, 3.05) is 12.0 Å². The van der Waals surface area contributed by atoms with E-state index in [1.165, 1.54) is 18.7 Å². The van der Waals surface area contributed by atoms with E-state index < -0.39 is 53.8 Å². The molecule has 0 aliphatic rings. The number of carbonyl (C=O) groups is 5. The van der Waals surface area contributed by atoms with Crippen molar-refractivity contribution < 1.29 is 29.1 Å². The van der Waals surface area contributed by atoms with Gasteiger partial charge in [-0.2, -0.15) is 11.8 Å². The minimum Gasteiger partial charge on any atom is -0.480 e. The fourth-order valence-corrected chi connectivity index (χ4v) is 2.87. The van der Waals surface area contributed by atoms with E-state index in [1.807, 2.05) is 6.26 Å². The van der Waals surface area contributed by atoms with Crippen LogP contribution in [0.25, 0.3) is 0 Å².